The quantitative estimate of drug-likeness (QED) is 0.938. The van der Waals surface area contributed by atoms with Crippen molar-refractivity contribution in [3.05, 3.63) is 59.7 Å². The molecule has 2 aromatic carbocycles. The van der Waals surface area contributed by atoms with E-state index >= 15 is 0 Å². The van der Waals surface area contributed by atoms with Crippen molar-refractivity contribution in [2.24, 2.45) is 0 Å². The van der Waals surface area contributed by atoms with Gasteiger partial charge in [-0.25, -0.2) is 0 Å². The molecule has 0 bridgehead atoms. The molecule has 0 unspecified atom stereocenters. The Bertz CT molecular complexity index is 785. The summed E-state index contributed by atoms with van der Waals surface area (Å²) in [5, 5.41) is 0. The van der Waals surface area contributed by atoms with Gasteiger partial charge in [0.2, 0.25) is 0 Å². The summed E-state index contributed by atoms with van der Waals surface area (Å²) in [5.74, 6) is 0.254. The Morgan fingerprint density at radius 3 is 2.50 bits per heavy atom. The van der Waals surface area contributed by atoms with Gasteiger partial charge in [-0.15, -0.1) is 0 Å². The van der Waals surface area contributed by atoms with Crippen LogP contribution in [-0.4, -0.2) is 15.0 Å². The minimum atomic E-state index is -3.60. The molecule has 1 aliphatic rings. The average Bonchev–Trinajstić information content (AvgIpc) is 2.92. The summed E-state index contributed by atoms with van der Waals surface area (Å²) >= 11 is 0. The van der Waals surface area contributed by atoms with Crippen LogP contribution >= 0.6 is 0 Å². The highest BCUT2D eigenvalue weighted by atomic mass is 32.2. The smallest absolute Gasteiger partial charge is 0.266 e. The topological polar surface area (TPSA) is 49.4 Å². The molecule has 0 amide bonds. The van der Waals surface area contributed by atoms with E-state index in [1.54, 1.807) is 0 Å². The first-order chi connectivity index (χ1) is 10.5. The third-order valence-corrected chi connectivity index (χ3v) is 5.39. The summed E-state index contributed by atoms with van der Waals surface area (Å²) in [6.45, 7) is 4.59. The molecule has 1 aliphatic heterocycles. The maximum Gasteiger partial charge on any atom is 0.323 e. The van der Waals surface area contributed by atoms with Gasteiger partial charge in [0, 0.05) is 6.54 Å². The average molecular weight is 316 g/mol. The molecule has 3 rings (SSSR count). The molecule has 0 radical (unpaired) electrons. The number of hydrogen-bond acceptors (Lipinski definition) is 2. The normalized spacial score (nSPS) is 14.2. The Hall–Kier alpha value is -2.01. The Morgan fingerprint density at radius 1 is 1.05 bits per heavy atom. The third-order valence-electron chi connectivity index (χ3n) is 3.96. The van der Waals surface area contributed by atoms with Crippen molar-refractivity contribution in [3.8, 4) is 0 Å². The van der Waals surface area contributed by atoms with Crippen molar-refractivity contribution in [3.63, 3.8) is 0 Å². The van der Waals surface area contributed by atoms with E-state index in [9.17, 15) is 8.42 Å². The number of rotatable bonds is 4. The van der Waals surface area contributed by atoms with Crippen LogP contribution in [0.3, 0.4) is 0 Å². The summed E-state index contributed by atoms with van der Waals surface area (Å²) in [6.07, 6.45) is 0.753. The van der Waals surface area contributed by atoms with Gasteiger partial charge in [0.1, 0.15) is 0 Å². The highest BCUT2D eigenvalue weighted by molar-refractivity contribution is 7.94. The number of nitrogens with zero attached hydrogens (tertiary/aromatic N) is 1. The number of para-hydroxylation sites is 2. The van der Waals surface area contributed by atoms with Gasteiger partial charge in [0.15, 0.2) is 0 Å². The SMILES string of the molecule is CC(C)c1ccccc1NS(=O)(=O)N1CCc2ccccc21. The van der Waals surface area contributed by atoms with E-state index in [0.717, 1.165) is 23.2 Å². The molecule has 2 aromatic rings. The Kier molecular flexibility index (Phi) is 3.83. The molecule has 1 heterocycles. The molecule has 0 aliphatic carbocycles. The molecular weight excluding hydrogens is 296 g/mol. The van der Waals surface area contributed by atoms with Crippen LogP contribution in [0, 0.1) is 0 Å². The van der Waals surface area contributed by atoms with Gasteiger partial charge >= 0.3 is 10.2 Å². The van der Waals surface area contributed by atoms with Gasteiger partial charge in [-0.2, -0.15) is 8.42 Å². The molecule has 0 fully saturated rings. The molecule has 4 nitrogen and oxygen atoms in total. The second kappa shape index (κ2) is 5.65. The predicted octanol–water partition coefficient (Wildman–Crippen LogP) is 3.53. The van der Waals surface area contributed by atoms with Gasteiger partial charge in [-0.05, 0) is 35.6 Å². The summed E-state index contributed by atoms with van der Waals surface area (Å²) in [7, 11) is -3.60. The van der Waals surface area contributed by atoms with E-state index in [-0.39, 0.29) is 5.92 Å². The molecule has 1 N–H and O–H groups in total. The number of benzene rings is 2. The molecule has 0 saturated carbocycles. The molecule has 22 heavy (non-hydrogen) atoms. The molecule has 0 atom stereocenters. The monoisotopic (exact) mass is 316 g/mol. The molecule has 0 spiro atoms. The first-order valence-corrected chi connectivity index (χ1v) is 8.90. The molecule has 0 aromatic heterocycles. The van der Waals surface area contributed by atoms with Crippen molar-refractivity contribution < 1.29 is 8.42 Å². The standard InChI is InChI=1S/C17H20N2O2S/c1-13(2)15-8-4-5-9-16(15)18-22(20,21)19-12-11-14-7-3-6-10-17(14)19/h3-10,13,18H,11-12H2,1-2H3. The molecule has 0 saturated heterocycles. The Labute approximate surface area is 132 Å². The van der Waals surface area contributed by atoms with E-state index in [1.807, 2.05) is 48.5 Å². The second-order valence-electron chi connectivity index (χ2n) is 5.80. The summed E-state index contributed by atoms with van der Waals surface area (Å²) in [4.78, 5) is 0. The number of anilines is 2. The lowest BCUT2D eigenvalue weighted by atomic mass is 10.0. The zero-order valence-corrected chi connectivity index (χ0v) is 13.6. The third kappa shape index (κ3) is 2.68. The van der Waals surface area contributed by atoms with E-state index in [0.29, 0.717) is 12.2 Å². The highest BCUT2D eigenvalue weighted by Crippen LogP contribution is 2.31. The Balaban J connectivity index is 1.93. The van der Waals surface area contributed by atoms with Crippen LogP contribution in [0.5, 0.6) is 0 Å². The zero-order valence-electron chi connectivity index (χ0n) is 12.8. The largest absolute Gasteiger partial charge is 0.323 e. The van der Waals surface area contributed by atoms with E-state index < -0.39 is 10.2 Å². The predicted molar refractivity (Wildman–Crippen MR) is 90.6 cm³/mol. The Morgan fingerprint density at radius 2 is 1.73 bits per heavy atom. The first-order valence-electron chi connectivity index (χ1n) is 7.46. The van der Waals surface area contributed by atoms with Crippen molar-refractivity contribution in [1.82, 2.24) is 0 Å². The van der Waals surface area contributed by atoms with Gasteiger partial charge in [-0.1, -0.05) is 50.2 Å². The molecule has 116 valence electrons. The van der Waals surface area contributed by atoms with Crippen molar-refractivity contribution in [2.45, 2.75) is 26.2 Å². The van der Waals surface area contributed by atoms with Crippen LogP contribution in [0.2, 0.25) is 0 Å². The maximum atomic E-state index is 12.8. The van der Waals surface area contributed by atoms with Crippen LogP contribution in [0.15, 0.2) is 48.5 Å². The lowest BCUT2D eigenvalue weighted by molar-refractivity contribution is 0.597. The lowest BCUT2D eigenvalue weighted by Gasteiger charge is -2.22. The molecule has 5 heteroatoms. The van der Waals surface area contributed by atoms with Gasteiger partial charge in [0.25, 0.3) is 0 Å². The minimum absolute atomic E-state index is 0.254. The fourth-order valence-electron chi connectivity index (χ4n) is 2.85. The summed E-state index contributed by atoms with van der Waals surface area (Å²) in [5.41, 5.74) is 3.50. The molecular formula is C17H20N2O2S. The van der Waals surface area contributed by atoms with Crippen LogP contribution in [-0.2, 0) is 16.6 Å². The fraction of sp³-hybridized carbons (Fsp3) is 0.294. The van der Waals surface area contributed by atoms with Crippen LogP contribution in [0.1, 0.15) is 30.9 Å². The number of fused-ring (bicyclic) bond motifs is 1. The number of hydrogen-bond donors (Lipinski definition) is 1. The van der Waals surface area contributed by atoms with Crippen LogP contribution in [0.25, 0.3) is 0 Å². The van der Waals surface area contributed by atoms with Crippen LogP contribution < -0.4 is 9.03 Å². The van der Waals surface area contributed by atoms with Crippen LogP contribution in [0.4, 0.5) is 11.4 Å². The van der Waals surface area contributed by atoms with Crippen molar-refractivity contribution in [2.75, 3.05) is 15.6 Å². The fourth-order valence-corrected chi connectivity index (χ4v) is 4.19. The minimum Gasteiger partial charge on any atom is -0.266 e. The van der Waals surface area contributed by atoms with Gasteiger partial charge in [-0.3, -0.25) is 9.03 Å². The van der Waals surface area contributed by atoms with Gasteiger partial charge in [0.05, 0.1) is 11.4 Å². The van der Waals surface area contributed by atoms with Gasteiger partial charge < -0.3 is 0 Å². The van der Waals surface area contributed by atoms with Crippen molar-refractivity contribution >= 4 is 21.6 Å². The summed E-state index contributed by atoms with van der Waals surface area (Å²) in [6, 6.07) is 15.2. The maximum absolute atomic E-state index is 12.8. The van der Waals surface area contributed by atoms with Crippen molar-refractivity contribution in [1.29, 1.82) is 0 Å². The van der Waals surface area contributed by atoms with E-state index in [2.05, 4.69) is 18.6 Å². The highest BCUT2D eigenvalue weighted by Gasteiger charge is 2.29. The lowest BCUT2D eigenvalue weighted by Crippen LogP contribution is -2.34. The second-order valence-corrected chi connectivity index (χ2v) is 7.39. The zero-order chi connectivity index (χ0) is 15.7. The van der Waals surface area contributed by atoms with E-state index in [4.69, 9.17) is 0 Å². The first kappa shape index (κ1) is 14.9. The van der Waals surface area contributed by atoms with E-state index in [1.165, 1.54) is 4.31 Å². The summed E-state index contributed by atoms with van der Waals surface area (Å²) < 4.78 is 29.7. The number of nitrogens with one attached hydrogen (secondary N) is 1.